The summed E-state index contributed by atoms with van der Waals surface area (Å²) in [6.45, 7) is 1.62. The van der Waals surface area contributed by atoms with Gasteiger partial charge in [0.1, 0.15) is 10.7 Å². The van der Waals surface area contributed by atoms with Crippen LogP contribution in [0.3, 0.4) is 0 Å². The fourth-order valence-corrected chi connectivity index (χ4v) is 2.52. The lowest BCUT2D eigenvalue weighted by Crippen LogP contribution is -1.94. The molecule has 0 aliphatic heterocycles. The van der Waals surface area contributed by atoms with Gasteiger partial charge in [0.15, 0.2) is 5.13 Å². The number of carbonyl (C=O) groups is 1. The fourth-order valence-electron chi connectivity index (χ4n) is 1.36. The Morgan fingerprint density at radius 2 is 2.28 bits per heavy atom. The largest absolute Gasteiger partial charge is 0.477 e. The van der Waals surface area contributed by atoms with E-state index in [-0.39, 0.29) is 10.7 Å². The van der Waals surface area contributed by atoms with E-state index in [1.807, 2.05) is 0 Å². The lowest BCUT2D eigenvalue weighted by Gasteiger charge is -2.04. The molecule has 18 heavy (non-hydrogen) atoms. The summed E-state index contributed by atoms with van der Waals surface area (Å²) in [5.41, 5.74) is 0.934. The van der Waals surface area contributed by atoms with Gasteiger partial charge < -0.3 is 10.4 Å². The van der Waals surface area contributed by atoms with E-state index in [0.717, 1.165) is 11.3 Å². The van der Waals surface area contributed by atoms with Crippen molar-refractivity contribution >= 4 is 44.1 Å². The van der Waals surface area contributed by atoms with Crippen LogP contribution in [0.4, 0.5) is 15.2 Å². The van der Waals surface area contributed by atoms with E-state index in [0.29, 0.717) is 21.0 Å². The normalized spacial score (nSPS) is 10.4. The highest BCUT2D eigenvalue weighted by Gasteiger charge is 2.14. The molecule has 0 amide bonds. The van der Waals surface area contributed by atoms with Gasteiger partial charge >= 0.3 is 5.97 Å². The summed E-state index contributed by atoms with van der Waals surface area (Å²) in [5.74, 6) is -1.40. The van der Waals surface area contributed by atoms with Crippen molar-refractivity contribution in [3.8, 4) is 0 Å². The minimum atomic E-state index is -1.02. The molecule has 94 valence electrons. The number of thiazole rings is 1. The quantitative estimate of drug-likeness (QED) is 0.898. The van der Waals surface area contributed by atoms with Crippen molar-refractivity contribution in [1.29, 1.82) is 0 Å². The molecule has 0 spiro atoms. The smallest absolute Gasteiger partial charge is 0.347 e. The number of carboxylic acid groups (broad SMARTS) is 1. The molecule has 1 aromatic carbocycles. The van der Waals surface area contributed by atoms with Gasteiger partial charge in [-0.15, -0.1) is 0 Å². The Morgan fingerprint density at radius 3 is 2.89 bits per heavy atom. The second kappa shape index (κ2) is 5.03. The molecular weight excluding hydrogens is 323 g/mol. The van der Waals surface area contributed by atoms with Crippen LogP contribution >= 0.6 is 27.3 Å². The Bertz CT molecular complexity index is 615. The average molecular weight is 331 g/mol. The third kappa shape index (κ3) is 2.68. The highest BCUT2D eigenvalue weighted by molar-refractivity contribution is 9.10. The molecule has 1 aromatic heterocycles. The van der Waals surface area contributed by atoms with E-state index < -0.39 is 5.97 Å². The predicted octanol–water partition coefficient (Wildman–Crippen LogP) is 3.79. The van der Waals surface area contributed by atoms with E-state index in [1.54, 1.807) is 13.0 Å². The third-order valence-corrected chi connectivity index (χ3v) is 3.91. The van der Waals surface area contributed by atoms with Crippen molar-refractivity contribution in [3.63, 3.8) is 0 Å². The molecule has 0 saturated heterocycles. The van der Waals surface area contributed by atoms with Gasteiger partial charge in [-0.2, -0.15) is 0 Å². The Hall–Kier alpha value is -1.47. The molecule has 0 aliphatic carbocycles. The van der Waals surface area contributed by atoms with Crippen molar-refractivity contribution in [3.05, 3.63) is 39.1 Å². The van der Waals surface area contributed by atoms with Crippen LogP contribution in [0, 0.1) is 12.7 Å². The zero-order valence-electron chi connectivity index (χ0n) is 9.20. The van der Waals surface area contributed by atoms with Crippen LogP contribution in [0.2, 0.25) is 0 Å². The molecule has 0 aliphatic rings. The number of aromatic carboxylic acids is 1. The first kappa shape index (κ1) is 13.0. The van der Waals surface area contributed by atoms with Gasteiger partial charge in [0.2, 0.25) is 0 Å². The van der Waals surface area contributed by atoms with Gasteiger partial charge in [-0.3, -0.25) is 0 Å². The first-order chi connectivity index (χ1) is 8.47. The van der Waals surface area contributed by atoms with Crippen LogP contribution in [-0.4, -0.2) is 16.1 Å². The molecule has 4 nitrogen and oxygen atoms in total. The number of aryl methyl sites for hydroxylation is 1. The van der Waals surface area contributed by atoms with Crippen molar-refractivity contribution in [2.45, 2.75) is 6.92 Å². The lowest BCUT2D eigenvalue weighted by molar-refractivity contribution is 0.0701. The second-order valence-corrected chi connectivity index (χ2v) is 5.34. The minimum absolute atomic E-state index is 0.171. The number of nitrogens with one attached hydrogen (secondary N) is 1. The van der Waals surface area contributed by atoms with Crippen LogP contribution < -0.4 is 5.32 Å². The first-order valence-electron chi connectivity index (χ1n) is 4.90. The van der Waals surface area contributed by atoms with Crippen LogP contribution in [0.15, 0.2) is 22.7 Å². The summed E-state index contributed by atoms with van der Waals surface area (Å²) < 4.78 is 13.8. The summed E-state index contributed by atoms with van der Waals surface area (Å²) in [6.07, 6.45) is 0. The van der Waals surface area contributed by atoms with Crippen LogP contribution in [0.25, 0.3) is 0 Å². The van der Waals surface area contributed by atoms with E-state index in [9.17, 15) is 9.18 Å². The highest BCUT2D eigenvalue weighted by atomic mass is 79.9. The van der Waals surface area contributed by atoms with Gasteiger partial charge in [0.05, 0.1) is 11.4 Å². The number of aromatic nitrogens is 1. The molecule has 0 saturated carbocycles. The van der Waals surface area contributed by atoms with Gasteiger partial charge in [0, 0.05) is 4.47 Å². The zero-order chi connectivity index (χ0) is 13.3. The molecule has 0 radical (unpaired) electrons. The molecule has 2 rings (SSSR count). The minimum Gasteiger partial charge on any atom is -0.477 e. The van der Waals surface area contributed by atoms with E-state index in [1.165, 1.54) is 12.1 Å². The number of carboxylic acids is 1. The van der Waals surface area contributed by atoms with Crippen LogP contribution in [-0.2, 0) is 0 Å². The fraction of sp³-hybridized carbons (Fsp3) is 0.0909. The molecule has 0 fully saturated rings. The Labute approximate surface area is 115 Å². The maximum Gasteiger partial charge on any atom is 0.347 e. The monoisotopic (exact) mass is 330 g/mol. The van der Waals surface area contributed by atoms with Gasteiger partial charge in [-0.1, -0.05) is 11.3 Å². The van der Waals surface area contributed by atoms with E-state index in [4.69, 9.17) is 5.11 Å². The van der Waals surface area contributed by atoms with Crippen LogP contribution in [0.5, 0.6) is 0 Å². The van der Waals surface area contributed by atoms with Crippen molar-refractivity contribution in [2.75, 3.05) is 5.32 Å². The first-order valence-corrected chi connectivity index (χ1v) is 6.51. The summed E-state index contributed by atoms with van der Waals surface area (Å²) in [5, 5.41) is 12.2. The summed E-state index contributed by atoms with van der Waals surface area (Å²) >= 11 is 4.29. The van der Waals surface area contributed by atoms with Crippen molar-refractivity contribution in [2.24, 2.45) is 0 Å². The van der Waals surface area contributed by atoms with Gasteiger partial charge in [0.25, 0.3) is 0 Å². The number of halogens is 2. The Kier molecular flexibility index (Phi) is 3.63. The number of rotatable bonds is 3. The van der Waals surface area contributed by atoms with Gasteiger partial charge in [-0.25, -0.2) is 14.2 Å². The van der Waals surface area contributed by atoms with Crippen molar-refractivity contribution in [1.82, 2.24) is 4.98 Å². The Balaban J connectivity index is 2.31. The number of benzene rings is 1. The Morgan fingerprint density at radius 1 is 1.56 bits per heavy atom. The molecular formula is C11H8BrFN2O2S. The second-order valence-electron chi connectivity index (χ2n) is 3.49. The average Bonchev–Trinajstić information content (AvgIpc) is 2.65. The maximum absolute atomic E-state index is 13.1. The number of anilines is 2. The lowest BCUT2D eigenvalue weighted by atomic mass is 10.3. The summed E-state index contributed by atoms with van der Waals surface area (Å²) in [4.78, 5) is 15.1. The zero-order valence-corrected chi connectivity index (χ0v) is 11.6. The topological polar surface area (TPSA) is 62.2 Å². The molecule has 0 bridgehead atoms. The SMILES string of the molecule is Cc1nc(Nc2cc(F)ccc2Br)sc1C(=O)O. The van der Waals surface area contributed by atoms with E-state index in [2.05, 4.69) is 26.2 Å². The molecule has 0 atom stereocenters. The van der Waals surface area contributed by atoms with Crippen molar-refractivity contribution < 1.29 is 14.3 Å². The predicted molar refractivity (Wildman–Crippen MR) is 71.2 cm³/mol. The molecule has 1 heterocycles. The molecule has 7 heteroatoms. The number of nitrogens with zero attached hydrogens (tertiary/aromatic N) is 1. The maximum atomic E-state index is 13.1. The van der Waals surface area contributed by atoms with E-state index >= 15 is 0 Å². The molecule has 2 aromatic rings. The molecule has 2 N–H and O–H groups in total. The third-order valence-electron chi connectivity index (χ3n) is 2.16. The summed E-state index contributed by atoms with van der Waals surface area (Å²) in [7, 11) is 0. The standard InChI is InChI=1S/C11H8BrFN2O2S/c1-5-9(10(16)17)18-11(14-5)15-8-4-6(13)2-3-7(8)12/h2-4H,1H3,(H,14,15)(H,16,17). The summed E-state index contributed by atoms with van der Waals surface area (Å²) in [6, 6.07) is 4.20. The molecule has 0 unspecified atom stereocenters. The highest BCUT2D eigenvalue weighted by Crippen LogP contribution is 2.30. The van der Waals surface area contributed by atoms with Gasteiger partial charge in [-0.05, 0) is 41.1 Å². The van der Waals surface area contributed by atoms with Crippen LogP contribution in [0.1, 0.15) is 15.4 Å². The number of hydrogen-bond donors (Lipinski definition) is 2. The number of hydrogen-bond acceptors (Lipinski definition) is 4.